The summed E-state index contributed by atoms with van der Waals surface area (Å²) in [5, 5.41) is 5.76. The number of hydrogen-bond donors (Lipinski definition) is 2. The van der Waals surface area contributed by atoms with Crippen LogP contribution in [0.4, 0.5) is 5.69 Å². The Morgan fingerprint density at radius 3 is 2.74 bits per heavy atom. The molecule has 0 aromatic heterocycles. The number of rotatable bonds is 5. The van der Waals surface area contributed by atoms with Crippen molar-refractivity contribution in [3.8, 4) is 0 Å². The van der Waals surface area contributed by atoms with Crippen LogP contribution in [0, 0.1) is 5.92 Å². The minimum Gasteiger partial charge on any atom is -0.350 e. The van der Waals surface area contributed by atoms with Crippen molar-refractivity contribution in [2.24, 2.45) is 5.92 Å². The van der Waals surface area contributed by atoms with Crippen LogP contribution >= 0.6 is 0 Å². The molecule has 0 aliphatic heterocycles. The first-order valence-corrected chi connectivity index (χ1v) is 6.82. The Labute approximate surface area is 113 Å². The zero-order valence-electron chi connectivity index (χ0n) is 11.4. The van der Waals surface area contributed by atoms with Crippen molar-refractivity contribution in [3.05, 3.63) is 29.8 Å². The van der Waals surface area contributed by atoms with Gasteiger partial charge in [0.15, 0.2) is 0 Å². The largest absolute Gasteiger partial charge is 0.350 e. The topological polar surface area (TPSA) is 58.2 Å². The van der Waals surface area contributed by atoms with Crippen LogP contribution in [-0.2, 0) is 4.79 Å². The predicted octanol–water partition coefficient (Wildman–Crippen LogP) is 2.56. The molecule has 1 aliphatic carbocycles. The minimum atomic E-state index is -0.100. The monoisotopic (exact) mass is 260 g/mol. The summed E-state index contributed by atoms with van der Waals surface area (Å²) in [6.45, 7) is 3.99. The molecule has 0 radical (unpaired) electrons. The van der Waals surface area contributed by atoms with Gasteiger partial charge in [-0.15, -0.1) is 0 Å². The summed E-state index contributed by atoms with van der Waals surface area (Å²) in [6.07, 6.45) is 2.84. The summed E-state index contributed by atoms with van der Waals surface area (Å²) in [6, 6.07) is 7.22. The van der Waals surface area contributed by atoms with Gasteiger partial charge in [-0.25, -0.2) is 0 Å². The lowest BCUT2D eigenvalue weighted by Gasteiger charge is -2.12. The molecule has 102 valence electrons. The Morgan fingerprint density at radius 2 is 2.11 bits per heavy atom. The Morgan fingerprint density at radius 1 is 1.37 bits per heavy atom. The van der Waals surface area contributed by atoms with Gasteiger partial charge in [0.05, 0.1) is 0 Å². The van der Waals surface area contributed by atoms with Gasteiger partial charge < -0.3 is 10.6 Å². The highest BCUT2D eigenvalue weighted by Gasteiger charge is 2.29. The summed E-state index contributed by atoms with van der Waals surface area (Å²) in [4.78, 5) is 23.6. The first-order chi connectivity index (χ1) is 9.10. The molecule has 1 atom stereocenters. The van der Waals surface area contributed by atoms with E-state index < -0.39 is 0 Å². The van der Waals surface area contributed by atoms with E-state index in [2.05, 4.69) is 10.6 Å². The van der Waals surface area contributed by atoms with E-state index in [0.29, 0.717) is 11.3 Å². The van der Waals surface area contributed by atoms with Crippen molar-refractivity contribution in [1.29, 1.82) is 0 Å². The van der Waals surface area contributed by atoms with Crippen LogP contribution in [0.25, 0.3) is 0 Å². The van der Waals surface area contributed by atoms with Gasteiger partial charge in [0.25, 0.3) is 5.91 Å². The quantitative estimate of drug-likeness (QED) is 0.854. The summed E-state index contributed by atoms with van der Waals surface area (Å²) in [5.41, 5.74) is 1.27. The van der Waals surface area contributed by atoms with E-state index >= 15 is 0 Å². The van der Waals surface area contributed by atoms with Gasteiger partial charge >= 0.3 is 0 Å². The van der Waals surface area contributed by atoms with Crippen LogP contribution in [-0.4, -0.2) is 17.9 Å². The molecule has 0 spiro atoms. The van der Waals surface area contributed by atoms with Crippen LogP contribution in [0.1, 0.15) is 43.5 Å². The third kappa shape index (κ3) is 3.81. The van der Waals surface area contributed by atoms with E-state index in [9.17, 15) is 9.59 Å². The minimum absolute atomic E-state index is 0.0551. The van der Waals surface area contributed by atoms with E-state index in [1.165, 1.54) is 0 Å². The molecular weight excluding hydrogens is 240 g/mol. The highest BCUT2D eigenvalue weighted by atomic mass is 16.2. The molecule has 2 rings (SSSR count). The van der Waals surface area contributed by atoms with Crippen molar-refractivity contribution in [2.45, 2.75) is 39.2 Å². The molecule has 4 nitrogen and oxygen atoms in total. The van der Waals surface area contributed by atoms with Crippen molar-refractivity contribution in [2.75, 3.05) is 5.32 Å². The first kappa shape index (κ1) is 13.6. The standard InChI is InChI=1S/C15H20N2O2/c1-3-10(2)16-15(19)12-5-4-6-13(9-12)17-14(18)11-7-8-11/h4-6,9-11H,3,7-8H2,1-2H3,(H,16,19)(H,17,18)/t10-/m1/s1. The molecule has 1 aromatic carbocycles. The molecule has 1 aliphatic rings. The third-order valence-electron chi connectivity index (χ3n) is 3.33. The van der Waals surface area contributed by atoms with E-state index in [1.807, 2.05) is 13.8 Å². The second-order valence-corrected chi connectivity index (χ2v) is 5.13. The van der Waals surface area contributed by atoms with E-state index in [0.717, 1.165) is 19.3 Å². The van der Waals surface area contributed by atoms with Gasteiger partial charge in [0, 0.05) is 23.2 Å². The number of hydrogen-bond acceptors (Lipinski definition) is 2. The number of anilines is 1. The molecule has 2 amide bonds. The highest BCUT2D eigenvalue weighted by Crippen LogP contribution is 2.30. The Bertz CT molecular complexity index is 481. The van der Waals surface area contributed by atoms with Crippen LogP contribution in [0.3, 0.4) is 0 Å². The van der Waals surface area contributed by atoms with E-state index in [-0.39, 0.29) is 23.8 Å². The Balaban J connectivity index is 2.01. The van der Waals surface area contributed by atoms with Gasteiger partial charge in [0.2, 0.25) is 5.91 Å². The van der Waals surface area contributed by atoms with Gasteiger partial charge in [-0.05, 0) is 44.4 Å². The molecule has 0 heterocycles. The Kier molecular flexibility index (Phi) is 4.20. The summed E-state index contributed by atoms with van der Waals surface area (Å²) in [5.74, 6) is 0.119. The predicted molar refractivity (Wildman–Crippen MR) is 75.0 cm³/mol. The van der Waals surface area contributed by atoms with Crippen LogP contribution in [0.2, 0.25) is 0 Å². The number of amides is 2. The highest BCUT2D eigenvalue weighted by molar-refractivity contribution is 5.98. The zero-order valence-corrected chi connectivity index (χ0v) is 11.4. The second kappa shape index (κ2) is 5.87. The summed E-state index contributed by atoms with van der Waals surface area (Å²) in [7, 11) is 0. The molecule has 19 heavy (non-hydrogen) atoms. The summed E-state index contributed by atoms with van der Waals surface area (Å²) < 4.78 is 0. The van der Waals surface area contributed by atoms with E-state index in [4.69, 9.17) is 0 Å². The number of carbonyl (C=O) groups is 2. The maximum atomic E-state index is 12.0. The van der Waals surface area contributed by atoms with Crippen molar-refractivity contribution < 1.29 is 9.59 Å². The SMILES string of the molecule is CC[C@@H](C)NC(=O)c1cccc(NC(=O)C2CC2)c1. The fourth-order valence-electron chi connectivity index (χ4n) is 1.74. The lowest BCUT2D eigenvalue weighted by molar-refractivity contribution is -0.117. The lowest BCUT2D eigenvalue weighted by atomic mass is 10.1. The molecule has 4 heteroatoms. The average molecular weight is 260 g/mol. The Hall–Kier alpha value is -1.84. The zero-order chi connectivity index (χ0) is 13.8. The van der Waals surface area contributed by atoms with Crippen LogP contribution in [0.15, 0.2) is 24.3 Å². The first-order valence-electron chi connectivity index (χ1n) is 6.82. The van der Waals surface area contributed by atoms with Crippen molar-refractivity contribution >= 4 is 17.5 Å². The maximum Gasteiger partial charge on any atom is 0.251 e. The molecular formula is C15H20N2O2. The van der Waals surface area contributed by atoms with Gasteiger partial charge in [-0.2, -0.15) is 0 Å². The molecule has 0 saturated heterocycles. The molecule has 0 bridgehead atoms. The molecule has 1 saturated carbocycles. The number of benzene rings is 1. The van der Waals surface area contributed by atoms with Crippen molar-refractivity contribution in [3.63, 3.8) is 0 Å². The average Bonchev–Trinajstić information content (AvgIpc) is 3.23. The van der Waals surface area contributed by atoms with Crippen LogP contribution < -0.4 is 10.6 Å². The summed E-state index contributed by atoms with van der Waals surface area (Å²) >= 11 is 0. The fourth-order valence-corrected chi connectivity index (χ4v) is 1.74. The van der Waals surface area contributed by atoms with Crippen molar-refractivity contribution in [1.82, 2.24) is 5.32 Å². The van der Waals surface area contributed by atoms with Gasteiger partial charge in [0.1, 0.15) is 0 Å². The smallest absolute Gasteiger partial charge is 0.251 e. The third-order valence-corrected chi connectivity index (χ3v) is 3.33. The van der Waals surface area contributed by atoms with Gasteiger partial charge in [-0.1, -0.05) is 13.0 Å². The van der Waals surface area contributed by atoms with E-state index in [1.54, 1.807) is 24.3 Å². The number of carbonyl (C=O) groups excluding carboxylic acids is 2. The van der Waals surface area contributed by atoms with Gasteiger partial charge in [-0.3, -0.25) is 9.59 Å². The fraction of sp³-hybridized carbons (Fsp3) is 0.467. The maximum absolute atomic E-state index is 12.0. The molecule has 2 N–H and O–H groups in total. The second-order valence-electron chi connectivity index (χ2n) is 5.13. The normalized spacial score (nSPS) is 15.7. The number of nitrogens with one attached hydrogen (secondary N) is 2. The molecule has 1 aromatic rings. The molecule has 0 unspecified atom stereocenters. The molecule has 1 fully saturated rings. The van der Waals surface area contributed by atoms with Crippen LogP contribution in [0.5, 0.6) is 0 Å². The lowest BCUT2D eigenvalue weighted by Crippen LogP contribution is -2.31.